The van der Waals surface area contributed by atoms with E-state index in [2.05, 4.69) is 0 Å². The lowest BCUT2D eigenvalue weighted by Gasteiger charge is -2.37. The van der Waals surface area contributed by atoms with Gasteiger partial charge in [0.25, 0.3) is 0 Å². The summed E-state index contributed by atoms with van der Waals surface area (Å²) in [5.74, 6) is -27.2. The molecule has 1 aliphatic heterocycles. The van der Waals surface area contributed by atoms with Gasteiger partial charge >= 0.3 is 29.9 Å². The van der Waals surface area contributed by atoms with Gasteiger partial charge in [-0.2, -0.15) is 48.3 Å². The molecule has 1 saturated heterocycles. The van der Waals surface area contributed by atoms with Crippen molar-refractivity contribution in [1.82, 2.24) is 0 Å². The Hall–Kier alpha value is -0.850. The number of alkyl halides is 11. The van der Waals surface area contributed by atoms with E-state index in [0.29, 0.717) is 19.4 Å². The molecule has 38 heavy (non-hydrogen) atoms. The van der Waals surface area contributed by atoms with Crippen LogP contribution in [0.3, 0.4) is 0 Å². The van der Waals surface area contributed by atoms with Crippen LogP contribution in [0.15, 0.2) is 0 Å². The van der Waals surface area contributed by atoms with Crippen molar-refractivity contribution in [2.24, 2.45) is 0 Å². The summed E-state index contributed by atoms with van der Waals surface area (Å²) >= 11 is 0. The van der Waals surface area contributed by atoms with Gasteiger partial charge in [0, 0.05) is 19.6 Å². The van der Waals surface area contributed by atoms with Gasteiger partial charge in [0.05, 0.1) is 0 Å². The number of halogens is 11. The lowest BCUT2D eigenvalue weighted by molar-refractivity contribution is -0.422. The number of hydrogen-bond acceptors (Lipinski definition) is 2. The maximum absolute atomic E-state index is 13.6. The van der Waals surface area contributed by atoms with E-state index in [4.69, 9.17) is 9.47 Å². The average Bonchev–Trinajstić information content (AvgIpc) is 2.83. The van der Waals surface area contributed by atoms with Gasteiger partial charge in [-0.15, -0.1) is 0 Å². The molecule has 1 unspecified atom stereocenters. The zero-order chi connectivity index (χ0) is 28.9. The Labute approximate surface area is 217 Å². The highest BCUT2D eigenvalue weighted by Crippen LogP contribution is 2.58. The minimum atomic E-state index is -7.31. The van der Waals surface area contributed by atoms with E-state index in [-0.39, 0.29) is 12.7 Å². The number of hydrogen-bond donors (Lipinski definition) is 0. The standard InChI is InChI=1S/C25H39F11O2/c26-21(27,22(28,29)23(30,31)24(32,33)25(34,35)36)17-13-10-8-6-4-2-1-3-5-7-9-11-14-18-37-20-16-12-15-19-38-20/h20H,1-19H2. The molecule has 0 amide bonds. The van der Waals surface area contributed by atoms with Crippen LogP contribution in [0.2, 0.25) is 0 Å². The molecule has 1 aliphatic rings. The lowest BCUT2D eigenvalue weighted by atomic mass is 9.94. The second-order valence-electron chi connectivity index (χ2n) is 9.94. The predicted molar refractivity (Wildman–Crippen MR) is 120 cm³/mol. The molecule has 0 radical (unpaired) electrons. The Morgan fingerprint density at radius 2 is 0.974 bits per heavy atom. The quantitative estimate of drug-likeness (QED) is 0.105. The highest BCUT2D eigenvalue weighted by Gasteiger charge is 2.86. The van der Waals surface area contributed by atoms with Crippen LogP contribution in [-0.2, 0) is 9.47 Å². The molecule has 1 heterocycles. The van der Waals surface area contributed by atoms with Crippen molar-refractivity contribution in [1.29, 1.82) is 0 Å². The van der Waals surface area contributed by atoms with E-state index in [1.54, 1.807) is 0 Å². The van der Waals surface area contributed by atoms with Crippen molar-refractivity contribution in [3.05, 3.63) is 0 Å². The number of ether oxygens (including phenoxy) is 2. The summed E-state index contributed by atoms with van der Waals surface area (Å²) in [5, 5.41) is 0. The molecule has 1 fully saturated rings. The lowest BCUT2D eigenvalue weighted by Crippen LogP contribution is -2.66. The first-order chi connectivity index (χ1) is 17.6. The van der Waals surface area contributed by atoms with Crippen LogP contribution in [0.4, 0.5) is 48.3 Å². The van der Waals surface area contributed by atoms with E-state index in [9.17, 15) is 48.3 Å². The van der Waals surface area contributed by atoms with Crippen LogP contribution in [0.25, 0.3) is 0 Å². The molecule has 0 N–H and O–H groups in total. The summed E-state index contributed by atoms with van der Waals surface area (Å²) in [5.41, 5.74) is 0. The fourth-order valence-electron chi connectivity index (χ4n) is 4.21. The molecule has 0 bridgehead atoms. The molecule has 0 aromatic heterocycles. The van der Waals surface area contributed by atoms with Crippen molar-refractivity contribution >= 4 is 0 Å². The fraction of sp³-hybridized carbons (Fsp3) is 1.00. The van der Waals surface area contributed by atoms with Crippen LogP contribution >= 0.6 is 0 Å². The second kappa shape index (κ2) is 15.8. The van der Waals surface area contributed by atoms with Crippen LogP contribution < -0.4 is 0 Å². The van der Waals surface area contributed by atoms with Gasteiger partial charge in [0.2, 0.25) is 0 Å². The molecule has 1 atom stereocenters. The summed E-state index contributed by atoms with van der Waals surface area (Å²) in [6.45, 7) is 1.46. The first kappa shape index (κ1) is 35.2. The third-order valence-electron chi connectivity index (χ3n) is 6.68. The second-order valence-corrected chi connectivity index (χ2v) is 9.94. The Kier molecular flexibility index (Phi) is 14.6. The largest absolute Gasteiger partial charge is 0.460 e. The highest BCUT2D eigenvalue weighted by atomic mass is 19.4. The van der Waals surface area contributed by atoms with Gasteiger partial charge in [-0.05, 0) is 32.1 Å². The van der Waals surface area contributed by atoms with Gasteiger partial charge in [-0.1, -0.05) is 70.6 Å². The van der Waals surface area contributed by atoms with E-state index >= 15 is 0 Å². The highest BCUT2D eigenvalue weighted by molar-refractivity contribution is 5.06. The van der Waals surface area contributed by atoms with E-state index in [0.717, 1.165) is 83.7 Å². The molecule has 228 valence electrons. The molecule has 0 saturated carbocycles. The average molecular weight is 581 g/mol. The third-order valence-corrected chi connectivity index (χ3v) is 6.68. The molecular weight excluding hydrogens is 541 g/mol. The fourth-order valence-corrected chi connectivity index (χ4v) is 4.21. The van der Waals surface area contributed by atoms with Crippen molar-refractivity contribution in [2.45, 2.75) is 145 Å². The topological polar surface area (TPSA) is 18.5 Å². The molecular formula is C25H39F11O2. The van der Waals surface area contributed by atoms with Gasteiger partial charge in [-0.25, -0.2) is 0 Å². The van der Waals surface area contributed by atoms with E-state index in [1.807, 2.05) is 0 Å². The zero-order valence-electron chi connectivity index (χ0n) is 21.5. The summed E-state index contributed by atoms with van der Waals surface area (Å²) < 4.78 is 154. The summed E-state index contributed by atoms with van der Waals surface area (Å²) in [6, 6.07) is 0. The zero-order valence-corrected chi connectivity index (χ0v) is 21.5. The Morgan fingerprint density at radius 3 is 1.39 bits per heavy atom. The summed E-state index contributed by atoms with van der Waals surface area (Å²) in [6.07, 6.45) is 3.19. The van der Waals surface area contributed by atoms with E-state index in [1.165, 1.54) is 0 Å². The van der Waals surface area contributed by atoms with E-state index < -0.39 is 42.7 Å². The SMILES string of the molecule is FC(F)(F)C(F)(F)C(F)(F)C(F)(F)C(F)(F)CCCCCCCCCCCCCCCOC1CCCCO1. The van der Waals surface area contributed by atoms with Crippen LogP contribution in [0.5, 0.6) is 0 Å². The molecule has 0 aromatic carbocycles. The molecule has 0 spiro atoms. The molecule has 13 heteroatoms. The minimum absolute atomic E-state index is 0.0602. The first-order valence-electron chi connectivity index (χ1n) is 13.4. The predicted octanol–water partition coefficient (Wildman–Crippen LogP) is 10.1. The smallest absolute Gasteiger partial charge is 0.353 e. The monoisotopic (exact) mass is 580 g/mol. The maximum atomic E-state index is 13.6. The maximum Gasteiger partial charge on any atom is 0.460 e. The van der Waals surface area contributed by atoms with Crippen molar-refractivity contribution in [3.63, 3.8) is 0 Å². The van der Waals surface area contributed by atoms with Gasteiger partial charge < -0.3 is 9.47 Å². The van der Waals surface area contributed by atoms with Gasteiger partial charge in [0.15, 0.2) is 6.29 Å². The molecule has 0 aromatic rings. The normalized spacial score (nSPS) is 18.2. The summed E-state index contributed by atoms with van der Waals surface area (Å²) in [4.78, 5) is 0. The van der Waals surface area contributed by atoms with Crippen molar-refractivity contribution in [3.8, 4) is 0 Å². The van der Waals surface area contributed by atoms with Crippen LogP contribution in [-0.4, -0.2) is 49.4 Å². The molecule has 0 aliphatic carbocycles. The van der Waals surface area contributed by atoms with Gasteiger partial charge in [-0.3, -0.25) is 0 Å². The molecule has 1 rings (SSSR count). The Morgan fingerprint density at radius 1 is 0.526 bits per heavy atom. The summed E-state index contributed by atoms with van der Waals surface area (Å²) in [7, 11) is 0. The minimum Gasteiger partial charge on any atom is -0.353 e. The first-order valence-corrected chi connectivity index (χ1v) is 13.4. The van der Waals surface area contributed by atoms with Crippen molar-refractivity contribution < 1.29 is 57.8 Å². The van der Waals surface area contributed by atoms with Gasteiger partial charge in [0.1, 0.15) is 0 Å². The van der Waals surface area contributed by atoms with Crippen LogP contribution in [0, 0.1) is 0 Å². The Balaban J connectivity index is 2.07. The molecule has 2 nitrogen and oxygen atoms in total. The van der Waals surface area contributed by atoms with Crippen molar-refractivity contribution in [2.75, 3.05) is 13.2 Å². The third kappa shape index (κ3) is 10.3. The van der Waals surface area contributed by atoms with Crippen LogP contribution in [0.1, 0.15) is 109 Å². The number of rotatable bonds is 20. The Bertz CT molecular complexity index is 633. The number of unbranched alkanes of at least 4 members (excludes halogenated alkanes) is 12.